The molecule has 0 aromatic carbocycles. The summed E-state index contributed by atoms with van der Waals surface area (Å²) in [5.41, 5.74) is 0.675. The summed E-state index contributed by atoms with van der Waals surface area (Å²) in [6.45, 7) is 2.48. The molecule has 0 bridgehead atoms. The molecule has 4 nitrogen and oxygen atoms in total. The van der Waals surface area contributed by atoms with E-state index in [1.165, 1.54) is 38.5 Å². The Morgan fingerprint density at radius 3 is 2.67 bits per heavy atom. The fourth-order valence-electron chi connectivity index (χ4n) is 2.43. The number of aliphatic hydroxyl groups is 1. The Morgan fingerprint density at radius 1 is 1.28 bits per heavy atom. The van der Waals surface area contributed by atoms with Gasteiger partial charge in [0.2, 0.25) is 5.88 Å². The molecule has 0 saturated heterocycles. The van der Waals surface area contributed by atoms with E-state index in [0.29, 0.717) is 29.8 Å². The van der Waals surface area contributed by atoms with Crippen LogP contribution in [0.4, 0.5) is 0 Å². The molecule has 1 aromatic rings. The van der Waals surface area contributed by atoms with Gasteiger partial charge in [0.1, 0.15) is 5.82 Å². The van der Waals surface area contributed by atoms with Gasteiger partial charge in [0, 0.05) is 6.20 Å². The van der Waals surface area contributed by atoms with Gasteiger partial charge in [-0.3, -0.25) is 0 Å². The molecule has 18 heavy (non-hydrogen) atoms. The van der Waals surface area contributed by atoms with Gasteiger partial charge in [-0.15, -0.1) is 0 Å². The SMILES string of the molecule is Cc1ncc(CO)c(OCC2CCCCCC2)n1. The Hall–Kier alpha value is -1.16. The van der Waals surface area contributed by atoms with E-state index in [-0.39, 0.29) is 6.61 Å². The maximum Gasteiger partial charge on any atom is 0.222 e. The summed E-state index contributed by atoms with van der Waals surface area (Å²) in [4.78, 5) is 8.33. The molecule has 1 N–H and O–H groups in total. The summed E-state index contributed by atoms with van der Waals surface area (Å²) >= 11 is 0. The van der Waals surface area contributed by atoms with Crippen LogP contribution in [-0.2, 0) is 6.61 Å². The molecule has 0 aliphatic heterocycles. The van der Waals surface area contributed by atoms with Crippen LogP contribution >= 0.6 is 0 Å². The molecule has 1 fully saturated rings. The first-order valence-corrected chi connectivity index (χ1v) is 6.86. The first-order valence-electron chi connectivity index (χ1n) is 6.86. The van der Waals surface area contributed by atoms with Crippen molar-refractivity contribution in [3.8, 4) is 5.88 Å². The molecule has 1 heterocycles. The maximum absolute atomic E-state index is 9.23. The Balaban J connectivity index is 1.94. The van der Waals surface area contributed by atoms with Crippen molar-refractivity contribution >= 4 is 0 Å². The van der Waals surface area contributed by atoms with Crippen LogP contribution in [0.15, 0.2) is 6.20 Å². The van der Waals surface area contributed by atoms with Crippen molar-refractivity contribution < 1.29 is 9.84 Å². The number of rotatable bonds is 4. The zero-order valence-electron chi connectivity index (χ0n) is 11.1. The van der Waals surface area contributed by atoms with Crippen LogP contribution in [0.25, 0.3) is 0 Å². The van der Waals surface area contributed by atoms with Gasteiger partial charge in [-0.25, -0.2) is 4.98 Å². The molecule has 1 aromatic heterocycles. The molecule has 1 aliphatic rings. The van der Waals surface area contributed by atoms with Crippen LogP contribution < -0.4 is 4.74 Å². The molecule has 1 aliphatic carbocycles. The Labute approximate surface area is 108 Å². The van der Waals surface area contributed by atoms with Crippen LogP contribution in [-0.4, -0.2) is 21.7 Å². The highest BCUT2D eigenvalue weighted by atomic mass is 16.5. The third kappa shape index (κ3) is 3.67. The van der Waals surface area contributed by atoms with Crippen molar-refractivity contribution in [3.63, 3.8) is 0 Å². The highest BCUT2D eigenvalue weighted by Crippen LogP contribution is 2.24. The van der Waals surface area contributed by atoms with Crippen LogP contribution in [0.1, 0.15) is 49.9 Å². The van der Waals surface area contributed by atoms with Crippen LogP contribution in [0.3, 0.4) is 0 Å². The number of aryl methyl sites for hydroxylation is 1. The lowest BCUT2D eigenvalue weighted by molar-refractivity contribution is 0.213. The molecular formula is C14H22N2O2. The standard InChI is InChI=1S/C14H22N2O2/c1-11-15-8-13(9-17)14(16-11)18-10-12-6-4-2-3-5-7-12/h8,12,17H,2-7,9-10H2,1H3. The Morgan fingerprint density at radius 2 is 2.00 bits per heavy atom. The zero-order valence-corrected chi connectivity index (χ0v) is 11.1. The highest BCUT2D eigenvalue weighted by Gasteiger charge is 2.14. The van der Waals surface area contributed by atoms with Gasteiger partial charge in [0.25, 0.3) is 0 Å². The number of aromatic nitrogens is 2. The molecule has 0 radical (unpaired) electrons. The van der Waals surface area contributed by atoms with E-state index in [2.05, 4.69) is 9.97 Å². The Bertz CT molecular complexity index is 374. The molecule has 0 unspecified atom stereocenters. The van der Waals surface area contributed by atoms with Gasteiger partial charge in [0.15, 0.2) is 0 Å². The van der Waals surface area contributed by atoms with Crippen molar-refractivity contribution in [2.24, 2.45) is 5.92 Å². The van der Waals surface area contributed by atoms with Gasteiger partial charge >= 0.3 is 0 Å². The van der Waals surface area contributed by atoms with Crippen LogP contribution in [0.5, 0.6) is 5.88 Å². The molecule has 4 heteroatoms. The van der Waals surface area contributed by atoms with Crippen molar-refractivity contribution in [1.82, 2.24) is 9.97 Å². The second-order valence-electron chi connectivity index (χ2n) is 5.07. The number of hydrogen-bond acceptors (Lipinski definition) is 4. The average molecular weight is 250 g/mol. The smallest absolute Gasteiger partial charge is 0.222 e. The molecule has 0 amide bonds. The van der Waals surface area contributed by atoms with Crippen molar-refractivity contribution in [2.45, 2.75) is 52.1 Å². The number of ether oxygens (including phenoxy) is 1. The van der Waals surface area contributed by atoms with Gasteiger partial charge in [0.05, 0.1) is 18.8 Å². The third-order valence-corrected chi connectivity index (χ3v) is 3.55. The molecular weight excluding hydrogens is 228 g/mol. The molecule has 100 valence electrons. The summed E-state index contributed by atoms with van der Waals surface area (Å²) in [5.74, 6) is 1.87. The predicted octanol–water partition coefficient (Wildman–Crippen LogP) is 2.63. The minimum Gasteiger partial charge on any atom is -0.477 e. The third-order valence-electron chi connectivity index (χ3n) is 3.55. The maximum atomic E-state index is 9.23. The van der Waals surface area contributed by atoms with Crippen molar-refractivity contribution in [2.75, 3.05) is 6.61 Å². The average Bonchev–Trinajstić information content (AvgIpc) is 2.65. The summed E-state index contributed by atoms with van der Waals surface area (Å²) < 4.78 is 5.79. The lowest BCUT2D eigenvalue weighted by Crippen LogP contribution is -2.13. The Kier molecular flexibility index (Phi) is 4.93. The second kappa shape index (κ2) is 6.69. The predicted molar refractivity (Wildman–Crippen MR) is 69.4 cm³/mol. The van der Waals surface area contributed by atoms with Gasteiger partial charge in [-0.2, -0.15) is 4.98 Å². The van der Waals surface area contributed by atoms with Crippen molar-refractivity contribution in [3.05, 3.63) is 17.6 Å². The molecule has 2 rings (SSSR count). The van der Waals surface area contributed by atoms with E-state index >= 15 is 0 Å². The van der Waals surface area contributed by atoms with E-state index in [1.54, 1.807) is 6.20 Å². The number of hydrogen-bond donors (Lipinski definition) is 1. The normalized spacial score (nSPS) is 17.4. The fourth-order valence-corrected chi connectivity index (χ4v) is 2.43. The van der Waals surface area contributed by atoms with Crippen LogP contribution in [0, 0.1) is 12.8 Å². The van der Waals surface area contributed by atoms with E-state index < -0.39 is 0 Å². The van der Waals surface area contributed by atoms with Crippen molar-refractivity contribution in [1.29, 1.82) is 0 Å². The highest BCUT2D eigenvalue weighted by molar-refractivity contribution is 5.22. The van der Waals surface area contributed by atoms with E-state index in [4.69, 9.17) is 4.74 Å². The first kappa shape index (κ1) is 13.3. The molecule has 0 spiro atoms. The van der Waals surface area contributed by atoms with E-state index in [0.717, 1.165) is 0 Å². The minimum absolute atomic E-state index is 0.0692. The minimum atomic E-state index is -0.0692. The largest absolute Gasteiger partial charge is 0.477 e. The number of nitrogens with zero attached hydrogens (tertiary/aromatic N) is 2. The summed E-state index contributed by atoms with van der Waals surface area (Å²) in [7, 11) is 0. The second-order valence-corrected chi connectivity index (χ2v) is 5.07. The first-order chi connectivity index (χ1) is 8.79. The van der Waals surface area contributed by atoms with Gasteiger partial charge in [-0.05, 0) is 25.7 Å². The van der Waals surface area contributed by atoms with E-state index in [1.807, 2.05) is 6.92 Å². The number of aliphatic hydroxyl groups excluding tert-OH is 1. The van der Waals surface area contributed by atoms with Gasteiger partial charge < -0.3 is 9.84 Å². The summed E-state index contributed by atoms with van der Waals surface area (Å²) in [5, 5.41) is 9.23. The monoisotopic (exact) mass is 250 g/mol. The summed E-state index contributed by atoms with van der Waals surface area (Å²) in [6.07, 6.45) is 9.46. The zero-order chi connectivity index (χ0) is 12.8. The molecule has 0 atom stereocenters. The van der Waals surface area contributed by atoms with Gasteiger partial charge in [-0.1, -0.05) is 25.7 Å². The topological polar surface area (TPSA) is 55.2 Å². The van der Waals surface area contributed by atoms with Crippen LogP contribution in [0.2, 0.25) is 0 Å². The molecule has 1 saturated carbocycles. The fraction of sp³-hybridized carbons (Fsp3) is 0.714. The lowest BCUT2D eigenvalue weighted by Gasteiger charge is -2.16. The lowest BCUT2D eigenvalue weighted by atomic mass is 10.0. The van der Waals surface area contributed by atoms with E-state index in [9.17, 15) is 5.11 Å². The summed E-state index contributed by atoms with van der Waals surface area (Å²) in [6, 6.07) is 0. The quantitative estimate of drug-likeness (QED) is 0.835.